The van der Waals surface area contributed by atoms with E-state index < -0.39 is 5.72 Å². The summed E-state index contributed by atoms with van der Waals surface area (Å²) in [7, 11) is 1.56. The Labute approximate surface area is 281 Å². The summed E-state index contributed by atoms with van der Waals surface area (Å²) in [6.45, 7) is 8.04. The van der Waals surface area contributed by atoms with Gasteiger partial charge in [0, 0.05) is 60.0 Å². The molecule has 2 aliphatic carbocycles. The zero-order valence-corrected chi connectivity index (χ0v) is 28.1. The molecular weight excluding hydrogens is 600 g/mol. The van der Waals surface area contributed by atoms with Crippen molar-refractivity contribution in [1.82, 2.24) is 9.80 Å². The van der Waals surface area contributed by atoms with Crippen molar-refractivity contribution in [3.8, 4) is 0 Å². The number of hydrogen-bond acceptors (Lipinski definition) is 8. The fraction of sp³-hybridized carbons (Fsp3) is 0.625. The number of benzene rings is 2. The highest BCUT2D eigenvalue weighted by Gasteiger charge is 2.92. The van der Waals surface area contributed by atoms with Gasteiger partial charge < -0.3 is 24.4 Å². The summed E-state index contributed by atoms with van der Waals surface area (Å²) in [5.74, 6) is 0.169. The minimum Gasteiger partial charge on any atom is -0.466 e. The van der Waals surface area contributed by atoms with Gasteiger partial charge in [-0.25, -0.2) is 4.79 Å². The predicted molar refractivity (Wildman–Crippen MR) is 179 cm³/mol. The third-order valence-corrected chi connectivity index (χ3v) is 16.8. The van der Waals surface area contributed by atoms with Crippen LogP contribution in [0.3, 0.4) is 0 Å². The van der Waals surface area contributed by atoms with Crippen molar-refractivity contribution in [2.75, 3.05) is 37.0 Å². The Hall–Kier alpha value is -2.91. The molecule has 248 valence electrons. The van der Waals surface area contributed by atoms with E-state index >= 15 is 0 Å². The highest BCUT2D eigenvalue weighted by Crippen LogP contribution is 2.83. The van der Waals surface area contributed by atoms with Crippen LogP contribution in [0.25, 0.3) is 0 Å². The summed E-state index contributed by atoms with van der Waals surface area (Å²) in [5.41, 5.74) is 5.97. The Kier molecular flexibility index (Phi) is 4.32. The second-order valence-electron chi connectivity index (χ2n) is 17.5. The number of anilines is 2. The maximum Gasteiger partial charge on any atom is 0.335 e. The van der Waals surface area contributed by atoms with E-state index in [4.69, 9.17) is 14.2 Å². The normalized spacial score (nSPS) is 52.6. The molecule has 4 spiro atoms. The molecule has 0 radical (unpaired) electrons. The van der Waals surface area contributed by atoms with E-state index in [9.17, 15) is 4.79 Å². The molecule has 48 heavy (non-hydrogen) atoms. The van der Waals surface area contributed by atoms with Crippen LogP contribution in [0.2, 0.25) is 0 Å². The first-order chi connectivity index (χ1) is 23.4. The number of fused-ring (bicyclic) bond motifs is 5. The van der Waals surface area contributed by atoms with Crippen molar-refractivity contribution < 1.29 is 19.0 Å². The Bertz CT molecular complexity index is 1950. The molecule has 1 saturated carbocycles. The maximum atomic E-state index is 14.0. The first kappa shape index (κ1) is 26.9. The van der Waals surface area contributed by atoms with Crippen LogP contribution in [0.5, 0.6) is 0 Å². The molecule has 13 unspecified atom stereocenters. The summed E-state index contributed by atoms with van der Waals surface area (Å²) in [6.07, 6.45) is 7.78. The lowest BCUT2D eigenvalue weighted by Gasteiger charge is -2.65. The molecule has 1 N–H and O–H groups in total. The fourth-order valence-corrected chi connectivity index (χ4v) is 16.0. The van der Waals surface area contributed by atoms with E-state index in [0.29, 0.717) is 36.6 Å². The van der Waals surface area contributed by atoms with E-state index in [1.807, 2.05) is 0 Å². The Morgan fingerprint density at radius 2 is 1.85 bits per heavy atom. The molecule has 9 aliphatic heterocycles. The number of para-hydroxylation sites is 2. The van der Waals surface area contributed by atoms with Crippen molar-refractivity contribution in [2.24, 2.45) is 11.3 Å². The van der Waals surface area contributed by atoms with Crippen molar-refractivity contribution >= 4 is 17.3 Å². The first-order valence-electron chi connectivity index (χ1n) is 18.8. The number of carbonyl (C=O) groups is 1. The number of rotatable bonds is 3. The average Bonchev–Trinajstić information content (AvgIpc) is 3.37. The number of ether oxygens (including phenoxy) is 3. The van der Waals surface area contributed by atoms with Crippen LogP contribution in [-0.2, 0) is 29.8 Å². The topological polar surface area (TPSA) is 69.8 Å². The molecule has 13 atom stereocenters. The SMILES string of the molecule is CCC12CC34CC(C(=O)OC)=C5Nc6ccccc6C56CCN3C1C1CC3(CC)C5OC5CN5CCC7(c8ccccc8N(C64)C17O2)C53. The Morgan fingerprint density at radius 3 is 2.69 bits per heavy atom. The molecule has 13 rings (SSSR count). The van der Waals surface area contributed by atoms with E-state index in [1.54, 1.807) is 7.11 Å². The Balaban J connectivity index is 1.19. The van der Waals surface area contributed by atoms with Gasteiger partial charge in [-0.3, -0.25) is 9.80 Å². The van der Waals surface area contributed by atoms with Crippen LogP contribution in [0.1, 0.15) is 69.9 Å². The number of hydrogen-bond donors (Lipinski definition) is 1. The summed E-state index contributed by atoms with van der Waals surface area (Å²) >= 11 is 0. The van der Waals surface area contributed by atoms with Crippen LogP contribution in [0, 0.1) is 11.3 Å². The number of nitrogens with zero attached hydrogens (tertiary/aromatic N) is 3. The molecule has 8 fully saturated rings. The van der Waals surface area contributed by atoms with Crippen molar-refractivity contribution in [2.45, 2.75) is 117 Å². The van der Waals surface area contributed by atoms with Gasteiger partial charge in [0.15, 0.2) is 5.72 Å². The van der Waals surface area contributed by atoms with Gasteiger partial charge in [-0.2, -0.15) is 0 Å². The fourth-order valence-electron chi connectivity index (χ4n) is 16.0. The molecule has 0 aromatic heterocycles. The lowest BCUT2D eigenvalue weighted by Crippen LogP contribution is -2.79. The Morgan fingerprint density at radius 1 is 1.02 bits per heavy atom. The molecule has 9 heterocycles. The monoisotopic (exact) mass is 644 g/mol. The first-order valence-corrected chi connectivity index (χ1v) is 18.8. The van der Waals surface area contributed by atoms with Crippen LogP contribution >= 0.6 is 0 Å². The molecule has 8 nitrogen and oxygen atoms in total. The van der Waals surface area contributed by atoms with E-state index in [-0.39, 0.29) is 39.4 Å². The zero-order chi connectivity index (χ0) is 31.8. The van der Waals surface area contributed by atoms with E-state index in [1.165, 1.54) is 16.8 Å². The van der Waals surface area contributed by atoms with Gasteiger partial charge in [0.1, 0.15) is 0 Å². The quantitative estimate of drug-likeness (QED) is 0.382. The minimum absolute atomic E-state index is 0.106. The average molecular weight is 645 g/mol. The second-order valence-corrected chi connectivity index (χ2v) is 17.5. The molecule has 7 saturated heterocycles. The third kappa shape index (κ3) is 2.25. The standard InChI is InChI=1S/C40H44N4O4/c1-4-35-19-25-30-37(5-2)21-36-18-22(32(45)46-3)29-38(14-17-43(30)36,23-10-6-8-12-26(23)41-29)34(36)44-27-13-9-7-11-24(27)39(40(25,44)48-37)15-16-42(33(35)39)20-28-31(35)47-28/h6-13,25,28,30-31,33-34,41H,4-5,14-21H2,1-3H3. The van der Waals surface area contributed by atoms with Crippen molar-refractivity contribution in [3.63, 3.8) is 0 Å². The lowest BCUT2D eigenvalue weighted by molar-refractivity contribution is -0.193. The van der Waals surface area contributed by atoms with Crippen LogP contribution in [0.4, 0.5) is 11.4 Å². The number of piperidine rings is 2. The highest BCUT2D eigenvalue weighted by atomic mass is 16.6. The zero-order valence-electron chi connectivity index (χ0n) is 28.1. The molecule has 2 aromatic carbocycles. The van der Waals surface area contributed by atoms with Crippen LogP contribution in [0.15, 0.2) is 59.8 Å². The lowest BCUT2D eigenvalue weighted by atomic mass is 9.47. The van der Waals surface area contributed by atoms with E-state index in [0.717, 1.165) is 75.1 Å². The second kappa shape index (κ2) is 7.70. The third-order valence-electron chi connectivity index (χ3n) is 16.8. The van der Waals surface area contributed by atoms with Crippen LogP contribution < -0.4 is 10.2 Å². The van der Waals surface area contributed by atoms with Crippen LogP contribution in [-0.4, -0.2) is 89.7 Å². The number of nitrogens with one attached hydrogen (secondary N) is 1. The summed E-state index contributed by atoms with van der Waals surface area (Å²) in [4.78, 5) is 22.8. The number of methoxy groups -OCH3 is 1. The predicted octanol–water partition coefficient (Wildman–Crippen LogP) is 4.68. The smallest absolute Gasteiger partial charge is 0.335 e. The van der Waals surface area contributed by atoms with Gasteiger partial charge >= 0.3 is 5.97 Å². The minimum atomic E-state index is -0.457. The number of esters is 1. The molecular formula is C40H44N4O4. The summed E-state index contributed by atoms with van der Waals surface area (Å²) in [6, 6.07) is 19.3. The van der Waals surface area contributed by atoms with Gasteiger partial charge in [0.05, 0.1) is 52.9 Å². The van der Waals surface area contributed by atoms with Gasteiger partial charge in [0.2, 0.25) is 0 Å². The summed E-state index contributed by atoms with van der Waals surface area (Å²) in [5, 5.41) is 3.90. The molecule has 0 amide bonds. The number of carbonyl (C=O) groups excluding carboxylic acids is 1. The van der Waals surface area contributed by atoms with E-state index in [2.05, 4.69) is 82.4 Å². The largest absolute Gasteiger partial charge is 0.466 e. The van der Waals surface area contributed by atoms with Crippen molar-refractivity contribution in [1.29, 1.82) is 0 Å². The van der Waals surface area contributed by atoms with Gasteiger partial charge in [-0.05, 0) is 68.3 Å². The van der Waals surface area contributed by atoms with Gasteiger partial charge in [-0.15, -0.1) is 0 Å². The van der Waals surface area contributed by atoms with Crippen molar-refractivity contribution in [3.05, 3.63) is 70.9 Å². The molecule has 2 aromatic rings. The molecule has 8 heteroatoms. The molecule has 11 aliphatic rings. The highest BCUT2D eigenvalue weighted by molar-refractivity contribution is 5.94. The number of epoxide rings is 1. The van der Waals surface area contributed by atoms with Gasteiger partial charge in [-0.1, -0.05) is 50.2 Å². The maximum absolute atomic E-state index is 14.0. The van der Waals surface area contributed by atoms with Gasteiger partial charge in [0.25, 0.3) is 0 Å². The molecule has 6 bridgehead atoms. The summed E-state index contributed by atoms with van der Waals surface area (Å²) < 4.78 is 20.7.